The Bertz CT molecular complexity index is 334. The number of hydrogen-bond donors (Lipinski definition) is 1. The summed E-state index contributed by atoms with van der Waals surface area (Å²) in [4.78, 5) is 4.46. The van der Waals surface area contributed by atoms with Crippen LogP contribution in [0.5, 0.6) is 0 Å². The molecule has 1 N–H and O–H groups in total. The number of aryl methyl sites for hydroxylation is 1. The lowest BCUT2D eigenvalue weighted by molar-refractivity contribution is 0.690. The first-order valence-electron chi connectivity index (χ1n) is 5.06. The van der Waals surface area contributed by atoms with Crippen molar-refractivity contribution in [3.05, 3.63) is 22.3 Å². The summed E-state index contributed by atoms with van der Waals surface area (Å²) in [5, 5.41) is 3.44. The monoisotopic (exact) mass is 254 g/mol. The Morgan fingerprint density at radius 2 is 2.21 bits per heavy atom. The minimum atomic E-state index is 0.558. The van der Waals surface area contributed by atoms with Gasteiger partial charge in [0, 0.05) is 10.5 Å². The molecule has 76 valence electrons. The van der Waals surface area contributed by atoms with E-state index in [-0.39, 0.29) is 0 Å². The number of halogens is 1. The Balaban J connectivity index is 2.04. The smallest absolute Gasteiger partial charge is 0.126 e. The number of aromatic nitrogens is 1. The van der Waals surface area contributed by atoms with E-state index in [2.05, 4.69) is 33.2 Å². The third-order valence-corrected chi connectivity index (χ3v) is 3.56. The van der Waals surface area contributed by atoms with Crippen LogP contribution in [0.2, 0.25) is 0 Å². The molecule has 1 heterocycles. The first kappa shape index (κ1) is 9.97. The molecule has 0 spiro atoms. The molecule has 1 aliphatic carbocycles. The van der Waals surface area contributed by atoms with E-state index in [1.54, 1.807) is 0 Å². The van der Waals surface area contributed by atoms with Crippen molar-refractivity contribution in [2.75, 3.05) is 5.32 Å². The van der Waals surface area contributed by atoms with Crippen molar-refractivity contribution >= 4 is 21.7 Å². The van der Waals surface area contributed by atoms with Gasteiger partial charge in [-0.2, -0.15) is 0 Å². The molecular weight excluding hydrogens is 240 g/mol. The van der Waals surface area contributed by atoms with Gasteiger partial charge in [0.2, 0.25) is 0 Å². The molecule has 0 aromatic carbocycles. The highest BCUT2D eigenvalue weighted by molar-refractivity contribution is 9.10. The fourth-order valence-corrected chi connectivity index (χ4v) is 1.79. The number of nitrogens with zero attached hydrogens (tertiary/aromatic N) is 1. The molecule has 1 atom stereocenters. The van der Waals surface area contributed by atoms with E-state index in [0.29, 0.717) is 6.04 Å². The van der Waals surface area contributed by atoms with Crippen LogP contribution >= 0.6 is 15.9 Å². The Kier molecular flexibility index (Phi) is 2.77. The summed E-state index contributed by atoms with van der Waals surface area (Å²) in [6, 6.07) is 4.63. The van der Waals surface area contributed by atoms with Crippen LogP contribution < -0.4 is 5.32 Å². The van der Waals surface area contributed by atoms with Crippen molar-refractivity contribution in [3.63, 3.8) is 0 Å². The van der Waals surface area contributed by atoms with Gasteiger partial charge in [-0.05, 0) is 60.7 Å². The molecule has 0 aliphatic heterocycles. The van der Waals surface area contributed by atoms with Crippen LogP contribution in [0.15, 0.2) is 16.6 Å². The molecular formula is C11H15BrN2. The number of hydrogen-bond acceptors (Lipinski definition) is 2. The summed E-state index contributed by atoms with van der Waals surface area (Å²) in [7, 11) is 0. The van der Waals surface area contributed by atoms with Crippen LogP contribution in [0.1, 0.15) is 25.5 Å². The second-order valence-electron chi connectivity index (χ2n) is 4.03. The van der Waals surface area contributed by atoms with E-state index < -0.39 is 0 Å². The van der Waals surface area contributed by atoms with Crippen molar-refractivity contribution in [1.82, 2.24) is 4.98 Å². The van der Waals surface area contributed by atoms with Crippen LogP contribution in [-0.2, 0) is 0 Å². The highest BCUT2D eigenvalue weighted by Crippen LogP contribution is 2.33. The average Bonchev–Trinajstić information content (AvgIpc) is 2.94. The zero-order chi connectivity index (χ0) is 10.1. The maximum absolute atomic E-state index is 4.46. The molecule has 3 heteroatoms. The lowest BCUT2D eigenvalue weighted by atomic mass is 10.2. The van der Waals surface area contributed by atoms with Gasteiger partial charge in [0.05, 0.1) is 5.69 Å². The van der Waals surface area contributed by atoms with Crippen LogP contribution in [-0.4, -0.2) is 11.0 Å². The number of anilines is 1. The summed E-state index contributed by atoms with van der Waals surface area (Å²) in [5.74, 6) is 1.85. The van der Waals surface area contributed by atoms with Gasteiger partial charge < -0.3 is 5.32 Å². The second-order valence-corrected chi connectivity index (χ2v) is 4.89. The predicted molar refractivity (Wildman–Crippen MR) is 62.5 cm³/mol. The second kappa shape index (κ2) is 3.89. The van der Waals surface area contributed by atoms with Gasteiger partial charge in [-0.3, -0.25) is 0 Å². The number of pyridine rings is 1. The molecule has 14 heavy (non-hydrogen) atoms. The SMILES string of the molecule is Cc1nc(NC(C)C2CC2)ccc1Br. The Hall–Kier alpha value is -0.570. The predicted octanol–water partition coefficient (Wildman–Crippen LogP) is 3.36. The molecule has 0 radical (unpaired) electrons. The Morgan fingerprint density at radius 3 is 2.79 bits per heavy atom. The summed E-state index contributed by atoms with van der Waals surface area (Å²) in [6.45, 7) is 4.24. The zero-order valence-electron chi connectivity index (χ0n) is 8.55. The molecule has 0 saturated heterocycles. The minimum absolute atomic E-state index is 0.558. The van der Waals surface area contributed by atoms with Crippen molar-refractivity contribution < 1.29 is 0 Å². The lowest BCUT2D eigenvalue weighted by Gasteiger charge is -2.13. The van der Waals surface area contributed by atoms with E-state index in [0.717, 1.165) is 21.9 Å². The van der Waals surface area contributed by atoms with Crippen molar-refractivity contribution in [2.24, 2.45) is 5.92 Å². The van der Waals surface area contributed by atoms with Gasteiger partial charge in [0.15, 0.2) is 0 Å². The third kappa shape index (κ3) is 2.27. The lowest BCUT2D eigenvalue weighted by Crippen LogP contribution is -2.18. The van der Waals surface area contributed by atoms with Gasteiger partial charge in [-0.1, -0.05) is 0 Å². The van der Waals surface area contributed by atoms with Gasteiger partial charge >= 0.3 is 0 Å². The largest absolute Gasteiger partial charge is 0.367 e. The summed E-state index contributed by atoms with van der Waals surface area (Å²) >= 11 is 3.45. The Labute approximate surface area is 93.3 Å². The summed E-state index contributed by atoms with van der Waals surface area (Å²) in [6.07, 6.45) is 2.73. The molecule has 1 aliphatic rings. The molecule has 1 aromatic rings. The fourth-order valence-electron chi connectivity index (χ4n) is 1.57. The van der Waals surface area contributed by atoms with E-state index in [1.807, 2.05) is 19.1 Å². The van der Waals surface area contributed by atoms with Crippen LogP contribution in [0.4, 0.5) is 5.82 Å². The standard InChI is InChI=1S/C11H15BrN2/c1-7(9-3-4-9)13-11-6-5-10(12)8(2)14-11/h5-7,9H,3-4H2,1-2H3,(H,13,14). The molecule has 2 rings (SSSR count). The molecule has 0 amide bonds. The molecule has 1 unspecified atom stereocenters. The maximum Gasteiger partial charge on any atom is 0.126 e. The van der Waals surface area contributed by atoms with E-state index in [9.17, 15) is 0 Å². The number of nitrogens with one attached hydrogen (secondary N) is 1. The quantitative estimate of drug-likeness (QED) is 0.895. The van der Waals surface area contributed by atoms with Gasteiger partial charge in [0.1, 0.15) is 5.82 Å². The molecule has 2 nitrogen and oxygen atoms in total. The number of rotatable bonds is 3. The van der Waals surface area contributed by atoms with Crippen molar-refractivity contribution in [3.8, 4) is 0 Å². The summed E-state index contributed by atoms with van der Waals surface area (Å²) in [5.41, 5.74) is 1.04. The van der Waals surface area contributed by atoms with Crippen LogP contribution in [0.3, 0.4) is 0 Å². The van der Waals surface area contributed by atoms with E-state index in [4.69, 9.17) is 0 Å². The van der Waals surface area contributed by atoms with Crippen molar-refractivity contribution in [1.29, 1.82) is 0 Å². The fraction of sp³-hybridized carbons (Fsp3) is 0.545. The highest BCUT2D eigenvalue weighted by atomic mass is 79.9. The van der Waals surface area contributed by atoms with E-state index >= 15 is 0 Å². The minimum Gasteiger partial charge on any atom is -0.367 e. The van der Waals surface area contributed by atoms with Gasteiger partial charge in [-0.15, -0.1) is 0 Å². The molecule has 0 bridgehead atoms. The van der Waals surface area contributed by atoms with E-state index in [1.165, 1.54) is 12.8 Å². The first-order chi connectivity index (χ1) is 6.66. The topological polar surface area (TPSA) is 24.9 Å². The molecule has 1 fully saturated rings. The maximum atomic E-state index is 4.46. The summed E-state index contributed by atoms with van der Waals surface area (Å²) < 4.78 is 1.07. The third-order valence-electron chi connectivity index (χ3n) is 2.73. The zero-order valence-corrected chi connectivity index (χ0v) is 10.1. The molecule has 1 aromatic heterocycles. The Morgan fingerprint density at radius 1 is 1.50 bits per heavy atom. The highest BCUT2D eigenvalue weighted by Gasteiger charge is 2.27. The van der Waals surface area contributed by atoms with Gasteiger partial charge in [-0.25, -0.2) is 4.98 Å². The van der Waals surface area contributed by atoms with Crippen LogP contribution in [0.25, 0.3) is 0 Å². The van der Waals surface area contributed by atoms with Gasteiger partial charge in [0.25, 0.3) is 0 Å². The first-order valence-corrected chi connectivity index (χ1v) is 5.86. The molecule has 1 saturated carbocycles. The van der Waals surface area contributed by atoms with Crippen LogP contribution in [0, 0.1) is 12.8 Å². The van der Waals surface area contributed by atoms with Crippen molar-refractivity contribution in [2.45, 2.75) is 32.7 Å². The normalized spacial score (nSPS) is 17.9. The average molecular weight is 255 g/mol.